The maximum atomic E-state index is 10.9. The van der Waals surface area contributed by atoms with Crippen LogP contribution in [-0.2, 0) is 0 Å². The molecule has 0 unspecified atom stereocenters. The van der Waals surface area contributed by atoms with Gasteiger partial charge in [0.05, 0.1) is 19.7 Å². The van der Waals surface area contributed by atoms with Gasteiger partial charge in [-0.15, -0.1) is 0 Å². The summed E-state index contributed by atoms with van der Waals surface area (Å²) in [7, 11) is 2.94. The van der Waals surface area contributed by atoms with Gasteiger partial charge in [0.2, 0.25) is 0 Å². The van der Waals surface area contributed by atoms with Crippen molar-refractivity contribution in [1.29, 1.82) is 0 Å². The number of nitrogens with one attached hydrogen (secondary N) is 1. The van der Waals surface area contributed by atoms with Gasteiger partial charge >= 0.3 is 5.97 Å². The van der Waals surface area contributed by atoms with Crippen LogP contribution in [0.5, 0.6) is 11.6 Å². The number of rotatable bonds is 3. The number of carboxylic acid groups (broad SMARTS) is 1. The van der Waals surface area contributed by atoms with Crippen LogP contribution in [0, 0.1) is 0 Å². The van der Waals surface area contributed by atoms with Crippen molar-refractivity contribution in [3.63, 3.8) is 0 Å². The highest BCUT2D eigenvalue weighted by molar-refractivity contribution is 6.01. The quantitative estimate of drug-likeness (QED) is 0.817. The molecule has 0 bridgehead atoms. The van der Waals surface area contributed by atoms with Crippen molar-refractivity contribution in [2.45, 2.75) is 0 Å². The van der Waals surface area contributed by atoms with E-state index in [4.69, 9.17) is 14.6 Å². The number of aromatic carboxylic acids is 1. The van der Waals surface area contributed by atoms with Gasteiger partial charge < -0.3 is 19.6 Å². The Balaban J connectivity index is 2.71. The average molecular weight is 222 g/mol. The summed E-state index contributed by atoms with van der Waals surface area (Å²) in [6.45, 7) is 0. The number of aromatic amines is 1. The molecule has 0 aliphatic heterocycles. The molecule has 0 aliphatic rings. The van der Waals surface area contributed by atoms with E-state index in [9.17, 15) is 4.79 Å². The summed E-state index contributed by atoms with van der Waals surface area (Å²) in [5, 5.41) is 8.93. The number of carboxylic acids is 1. The summed E-state index contributed by atoms with van der Waals surface area (Å²) < 4.78 is 10.1. The number of aromatic nitrogens is 2. The van der Waals surface area contributed by atoms with Crippen molar-refractivity contribution >= 4 is 17.0 Å². The van der Waals surface area contributed by atoms with Gasteiger partial charge in [-0.2, -0.15) is 0 Å². The second-order valence-corrected chi connectivity index (χ2v) is 3.10. The van der Waals surface area contributed by atoms with Gasteiger partial charge in [0.15, 0.2) is 5.75 Å². The first-order chi connectivity index (χ1) is 7.67. The number of nitrogens with zero attached hydrogens (tertiary/aromatic N) is 1. The van der Waals surface area contributed by atoms with Gasteiger partial charge in [0.25, 0.3) is 5.88 Å². The molecule has 2 N–H and O–H groups in total. The topological polar surface area (TPSA) is 84.4 Å². The number of H-pyrrole nitrogens is 1. The van der Waals surface area contributed by atoms with E-state index in [1.807, 2.05) is 0 Å². The third-order valence-corrected chi connectivity index (χ3v) is 2.23. The fourth-order valence-corrected chi connectivity index (χ4v) is 1.47. The molecule has 6 heteroatoms. The summed E-state index contributed by atoms with van der Waals surface area (Å²) in [6.07, 6.45) is 1.39. The zero-order valence-electron chi connectivity index (χ0n) is 8.77. The minimum atomic E-state index is -1.04. The van der Waals surface area contributed by atoms with Crippen LogP contribution in [0.2, 0.25) is 0 Å². The summed E-state index contributed by atoms with van der Waals surface area (Å²) >= 11 is 0. The van der Waals surface area contributed by atoms with E-state index in [0.29, 0.717) is 16.8 Å². The molecular formula is C10H10N2O4. The molecule has 2 rings (SSSR count). The lowest BCUT2D eigenvalue weighted by Gasteiger charge is -2.05. The zero-order chi connectivity index (χ0) is 11.7. The largest absolute Gasteiger partial charge is 0.491 e. The third kappa shape index (κ3) is 1.44. The molecule has 2 aromatic heterocycles. The number of fused-ring (bicyclic) bond motifs is 1. The molecule has 16 heavy (non-hydrogen) atoms. The third-order valence-electron chi connectivity index (χ3n) is 2.23. The van der Waals surface area contributed by atoms with Crippen LogP contribution < -0.4 is 9.47 Å². The zero-order valence-corrected chi connectivity index (χ0v) is 8.77. The molecule has 0 atom stereocenters. The SMILES string of the molecule is COc1cc2[nH]cc(C(=O)O)c2nc1OC. The Kier molecular flexibility index (Phi) is 2.40. The van der Waals surface area contributed by atoms with Crippen molar-refractivity contribution in [2.75, 3.05) is 14.2 Å². The summed E-state index contributed by atoms with van der Waals surface area (Å²) in [5.41, 5.74) is 1.05. The van der Waals surface area contributed by atoms with E-state index in [1.165, 1.54) is 20.4 Å². The predicted octanol–water partition coefficient (Wildman–Crippen LogP) is 1.28. The highest BCUT2D eigenvalue weighted by Crippen LogP contribution is 2.29. The van der Waals surface area contributed by atoms with E-state index < -0.39 is 5.97 Å². The minimum Gasteiger partial charge on any atom is -0.491 e. The molecule has 0 aliphatic carbocycles. The molecular weight excluding hydrogens is 212 g/mol. The van der Waals surface area contributed by atoms with Gasteiger partial charge in [-0.05, 0) is 0 Å². The van der Waals surface area contributed by atoms with Crippen LogP contribution >= 0.6 is 0 Å². The first kappa shape index (κ1) is 10.3. The summed E-state index contributed by atoms with van der Waals surface area (Å²) in [4.78, 5) is 17.8. The molecule has 0 amide bonds. The Morgan fingerprint density at radius 1 is 1.44 bits per heavy atom. The van der Waals surface area contributed by atoms with Crippen molar-refractivity contribution in [3.05, 3.63) is 17.8 Å². The van der Waals surface area contributed by atoms with E-state index in [2.05, 4.69) is 9.97 Å². The molecule has 84 valence electrons. The Morgan fingerprint density at radius 2 is 2.19 bits per heavy atom. The van der Waals surface area contributed by atoms with E-state index in [-0.39, 0.29) is 11.4 Å². The fourth-order valence-electron chi connectivity index (χ4n) is 1.47. The smallest absolute Gasteiger partial charge is 0.339 e. The fraction of sp³-hybridized carbons (Fsp3) is 0.200. The number of hydrogen-bond donors (Lipinski definition) is 2. The first-order valence-electron chi connectivity index (χ1n) is 4.50. The summed E-state index contributed by atoms with van der Waals surface area (Å²) in [5.74, 6) is -0.322. The monoisotopic (exact) mass is 222 g/mol. The van der Waals surface area contributed by atoms with Crippen LogP contribution in [0.4, 0.5) is 0 Å². The second-order valence-electron chi connectivity index (χ2n) is 3.10. The number of methoxy groups -OCH3 is 2. The highest BCUT2D eigenvalue weighted by atomic mass is 16.5. The molecule has 0 aromatic carbocycles. The van der Waals surface area contributed by atoms with Gasteiger partial charge in [-0.3, -0.25) is 0 Å². The number of pyridine rings is 1. The van der Waals surface area contributed by atoms with Crippen molar-refractivity contribution in [1.82, 2.24) is 9.97 Å². The van der Waals surface area contributed by atoms with Crippen molar-refractivity contribution in [2.24, 2.45) is 0 Å². The van der Waals surface area contributed by atoms with E-state index in [0.717, 1.165) is 0 Å². The summed E-state index contributed by atoms with van der Waals surface area (Å²) in [6, 6.07) is 1.65. The molecule has 0 saturated carbocycles. The first-order valence-corrected chi connectivity index (χ1v) is 4.50. The molecule has 0 radical (unpaired) electrons. The molecule has 2 heterocycles. The molecule has 0 fully saturated rings. The van der Waals surface area contributed by atoms with Crippen LogP contribution in [0.15, 0.2) is 12.3 Å². The van der Waals surface area contributed by atoms with Gasteiger partial charge in [-0.1, -0.05) is 0 Å². The highest BCUT2D eigenvalue weighted by Gasteiger charge is 2.15. The Bertz CT molecular complexity index is 547. The maximum absolute atomic E-state index is 10.9. The molecule has 0 spiro atoms. The maximum Gasteiger partial charge on any atom is 0.339 e. The lowest BCUT2D eigenvalue weighted by atomic mass is 10.2. The lowest BCUT2D eigenvalue weighted by molar-refractivity contribution is 0.0699. The minimum absolute atomic E-state index is 0.107. The number of hydrogen-bond acceptors (Lipinski definition) is 4. The normalized spacial score (nSPS) is 10.4. The van der Waals surface area contributed by atoms with E-state index in [1.54, 1.807) is 6.07 Å². The predicted molar refractivity (Wildman–Crippen MR) is 56.2 cm³/mol. The van der Waals surface area contributed by atoms with Crippen LogP contribution in [0.25, 0.3) is 11.0 Å². The van der Waals surface area contributed by atoms with Crippen molar-refractivity contribution < 1.29 is 19.4 Å². The number of ether oxygens (including phenoxy) is 2. The Morgan fingerprint density at radius 3 is 2.75 bits per heavy atom. The second kappa shape index (κ2) is 3.73. The molecule has 0 saturated heterocycles. The molecule has 6 nitrogen and oxygen atoms in total. The van der Waals surface area contributed by atoms with Gasteiger partial charge in [-0.25, -0.2) is 9.78 Å². The standard InChI is InChI=1S/C10H10N2O4/c1-15-7-3-6-8(12-9(7)16-2)5(4-11-6)10(13)14/h3-4,11H,1-2H3,(H,13,14). The Labute approximate surface area is 90.8 Å². The van der Waals surface area contributed by atoms with Crippen LogP contribution in [-0.4, -0.2) is 35.3 Å². The number of carbonyl (C=O) groups is 1. The van der Waals surface area contributed by atoms with E-state index >= 15 is 0 Å². The van der Waals surface area contributed by atoms with Gasteiger partial charge in [0.1, 0.15) is 11.1 Å². The van der Waals surface area contributed by atoms with Gasteiger partial charge in [0, 0.05) is 12.3 Å². The molecule has 2 aromatic rings. The van der Waals surface area contributed by atoms with Crippen LogP contribution in [0.1, 0.15) is 10.4 Å². The van der Waals surface area contributed by atoms with Crippen LogP contribution in [0.3, 0.4) is 0 Å². The Hall–Kier alpha value is -2.24. The van der Waals surface area contributed by atoms with Crippen molar-refractivity contribution in [3.8, 4) is 11.6 Å². The average Bonchev–Trinajstić information content (AvgIpc) is 2.69. The lowest BCUT2D eigenvalue weighted by Crippen LogP contribution is -1.97.